The molecule has 4 N–H and O–H groups in total. The Morgan fingerprint density at radius 3 is 2.57 bits per heavy atom. The van der Waals surface area contributed by atoms with E-state index < -0.39 is 5.82 Å². The summed E-state index contributed by atoms with van der Waals surface area (Å²) in [6, 6.07) is 5.36. The molecule has 140 valence electrons. The molecule has 3 aromatic rings. The zero-order valence-corrected chi connectivity index (χ0v) is 14.8. The molecule has 0 amide bonds. The van der Waals surface area contributed by atoms with Crippen molar-refractivity contribution in [1.82, 2.24) is 19.9 Å². The summed E-state index contributed by atoms with van der Waals surface area (Å²) in [5, 5.41) is 9.28. The van der Waals surface area contributed by atoms with Crippen molar-refractivity contribution < 1.29 is 9.13 Å². The summed E-state index contributed by atoms with van der Waals surface area (Å²) in [4.78, 5) is 15.8. The van der Waals surface area contributed by atoms with Gasteiger partial charge in [0.1, 0.15) is 11.9 Å². The van der Waals surface area contributed by atoms with Gasteiger partial charge in [0.25, 0.3) is 0 Å². The molecule has 1 aliphatic carbocycles. The lowest BCUT2D eigenvalue weighted by molar-refractivity contribution is 0.383. The standard InChI is InChI=1S/C19H16FN7O/c20-17-12(14-7-25-16(22)9-24-14)5-4-11(10-2-1-3-10)18(17)28-15-8-26-19(23)27-13(15)6-21/h4-5,7-10H,1-3H2,(H2,22,25)(H2,23,26,27). The van der Waals surface area contributed by atoms with Crippen LogP contribution in [-0.2, 0) is 0 Å². The third kappa shape index (κ3) is 3.16. The molecule has 28 heavy (non-hydrogen) atoms. The first kappa shape index (κ1) is 17.6. The zero-order valence-electron chi connectivity index (χ0n) is 14.8. The Hall–Kier alpha value is -3.80. The molecule has 1 fully saturated rings. The fourth-order valence-corrected chi connectivity index (χ4v) is 3.04. The van der Waals surface area contributed by atoms with Crippen LogP contribution in [0.3, 0.4) is 0 Å². The fourth-order valence-electron chi connectivity index (χ4n) is 3.04. The molecule has 2 aromatic heterocycles. The molecule has 1 aliphatic rings. The molecule has 8 nitrogen and oxygen atoms in total. The number of hydrogen-bond acceptors (Lipinski definition) is 8. The Morgan fingerprint density at radius 2 is 1.93 bits per heavy atom. The highest BCUT2D eigenvalue weighted by Gasteiger charge is 2.28. The molecule has 9 heteroatoms. The van der Waals surface area contributed by atoms with Crippen molar-refractivity contribution in [2.45, 2.75) is 25.2 Å². The number of nitriles is 1. The van der Waals surface area contributed by atoms with Crippen LogP contribution in [-0.4, -0.2) is 19.9 Å². The van der Waals surface area contributed by atoms with Crippen LogP contribution < -0.4 is 16.2 Å². The number of nitrogens with two attached hydrogens (primary N) is 2. The quantitative estimate of drug-likeness (QED) is 0.707. The van der Waals surface area contributed by atoms with Gasteiger partial charge in [-0.15, -0.1) is 0 Å². The molecular formula is C19H16FN7O. The van der Waals surface area contributed by atoms with E-state index in [1.807, 2.05) is 12.1 Å². The monoisotopic (exact) mass is 377 g/mol. The first-order chi connectivity index (χ1) is 13.6. The highest BCUT2D eigenvalue weighted by Crippen LogP contribution is 2.45. The molecule has 0 spiro atoms. The molecular weight excluding hydrogens is 361 g/mol. The van der Waals surface area contributed by atoms with Gasteiger partial charge >= 0.3 is 0 Å². The van der Waals surface area contributed by atoms with E-state index in [1.54, 1.807) is 6.07 Å². The average Bonchev–Trinajstić information content (AvgIpc) is 2.65. The Bertz CT molecular complexity index is 1070. The number of ether oxygens (including phenoxy) is 1. The van der Waals surface area contributed by atoms with Crippen molar-refractivity contribution in [2.75, 3.05) is 11.5 Å². The van der Waals surface area contributed by atoms with Gasteiger partial charge < -0.3 is 16.2 Å². The first-order valence-electron chi connectivity index (χ1n) is 8.67. The minimum Gasteiger partial charge on any atom is -0.449 e. The van der Waals surface area contributed by atoms with E-state index in [-0.39, 0.29) is 40.4 Å². The largest absolute Gasteiger partial charge is 0.449 e. The summed E-state index contributed by atoms with van der Waals surface area (Å²) in [6.45, 7) is 0. The van der Waals surface area contributed by atoms with Crippen LogP contribution >= 0.6 is 0 Å². The summed E-state index contributed by atoms with van der Waals surface area (Å²) >= 11 is 0. The van der Waals surface area contributed by atoms with Crippen LogP contribution in [0, 0.1) is 17.1 Å². The molecule has 0 radical (unpaired) electrons. The van der Waals surface area contributed by atoms with E-state index in [0.717, 1.165) is 24.8 Å². The lowest BCUT2D eigenvalue weighted by atomic mass is 9.79. The molecule has 1 saturated carbocycles. The molecule has 0 aliphatic heterocycles. The van der Waals surface area contributed by atoms with E-state index in [1.165, 1.54) is 18.6 Å². The summed E-state index contributed by atoms with van der Waals surface area (Å²) < 4.78 is 21.3. The van der Waals surface area contributed by atoms with Crippen LogP contribution in [0.5, 0.6) is 11.5 Å². The van der Waals surface area contributed by atoms with Crippen molar-refractivity contribution in [3.63, 3.8) is 0 Å². The smallest absolute Gasteiger partial charge is 0.221 e. The molecule has 0 atom stereocenters. The molecule has 0 bridgehead atoms. The van der Waals surface area contributed by atoms with E-state index in [9.17, 15) is 5.26 Å². The van der Waals surface area contributed by atoms with Crippen molar-refractivity contribution in [1.29, 1.82) is 5.26 Å². The van der Waals surface area contributed by atoms with Gasteiger partial charge in [0.05, 0.1) is 24.3 Å². The van der Waals surface area contributed by atoms with Crippen LogP contribution in [0.2, 0.25) is 0 Å². The second-order valence-corrected chi connectivity index (χ2v) is 6.45. The van der Waals surface area contributed by atoms with Crippen molar-refractivity contribution in [3.8, 4) is 28.8 Å². The van der Waals surface area contributed by atoms with E-state index in [2.05, 4.69) is 19.9 Å². The van der Waals surface area contributed by atoms with Crippen molar-refractivity contribution in [3.05, 3.63) is 47.8 Å². The number of halogens is 1. The lowest BCUT2D eigenvalue weighted by Crippen LogP contribution is -2.12. The highest BCUT2D eigenvalue weighted by molar-refractivity contribution is 5.64. The van der Waals surface area contributed by atoms with Gasteiger partial charge in [-0.2, -0.15) is 10.2 Å². The van der Waals surface area contributed by atoms with Gasteiger partial charge in [-0.1, -0.05) is 12.5 Å². The molecule has 4 rings (SSSR count). The number of nitrogen functional groups attached to an aromatic ring is 2. The number of aromatic nitrogens is 4. The Balaban J connectivity index is 1.82. The zero-order chi connectivity index (χ0) is 19.7. The van der Waals surface area contributed by atoms with Crippen LogP contribution in [0.15, 0.2) is 30.7 Å². The topological polar surface area (TPSA) is 137 Å². The van der Waals surface area contributed by atoms with Crippen LogP contribution in [0.1, 0.15) is 36.4 Å². The molecule has 2 heterocycles. The Kier molecular flexibility index (Phi) is 4.45. The number of anilines is 2. The number of benzene rings is 1. The lowest BCUT2D eigenvalue weighted by Gasteiger charge is -2.28. The van der Waals surface area contributed by atoms with Gasteiger partial charge in [-0.05, 0) is 24.8 Å². The normalized spacial score (nSPS) is 13.6. The fraction of sp³-hybridized carbons (Fsp3) is 0.211. The minimum atomic E-state index is -0.593. The number of rotatable bonds is 4. The van der Waals surface area contributed by atoms with Crippen LogP contribution in [0.25, 0.3) is 11.3 Å². The van der Waals surface area contributed by atoms with E-state index >= 15 is 4.39 Å². The summed E-state index contributed by atoms with van der Waals surface area (Å²) in [6.07, 6.45) is 6.98. The first-order valence-corrected chi connectivity index (χ1v) is 8.67. The van der Waals surface area contributed by atoms with Gasteiger partial charge in [0.15, 0.2) is 23.0 Å². The molecule has 0 unspecified atom stereocenters. The Morgan fingerprint density at radius 1 is 1.11 bits per heavy atom. The molecule has 1 aromatic carbocycles. The minimum absolute atomic E-state index is 0.0331. The summed E-state index contributed by atoms with van der Waals surface area (Å²) in [5.74, 6) is -0.151. The third-order valence-corrected chi connectivity index (χ3v) is 4.71. The number of hydrogen-bond donors (Lipinski definition) is 2. The highest BCUT2D eigenvalue weighted by atomic mass is 19.1. The van der Waals surface area contributed by atoms with Crippen LogP contribution in [0.4, 0.5) is 16.2 Å². The maximum Gasteiger partial charge on any atom is 0.221 e. The predicted octanol–water partition coefficient (Wildman–Crippen LogP) is 3.17. The SMILES string of the molecule is N#Cc1nc(N)ncc1Oc1c(C2CCC2)ccc(-c2cnc(N)cn2)c1F. The second-order valence-electron chi connectivity index (χ2n) is 6.45. The van der Waals surface area contributed by atoms with E-state index in [0.29, 0.717) is 5.69 Å². The van der Waals surface area contributed by atoms with Gasteiger partial charge in [0, 0.05) is 11.1 Å². The number of nitrogens with zero attached hydrogens (tertiary/aromatic N) is 5. The van der Waals surface area contributed by atoms with E-state index in [4.69, 9.17) is 16.2 Å². The Labute approximate surface area is 160 Å². The van der Waals surface area contributed by atoms with Gasteiger partial charge in [-0.25, -0.2) is 14.4 Å². The van der Waals surface area contributed by atoms with Gasteiger partial charge in [0.2, 0.25) is 5.95 Å². The summed E-state index contributed by atoms with van der Waals surface area (Å²) in [5.41, 5.74) is 12.3. The van der Waals surface area contributed by atoms with Crippen molar-refractivity contribution in [2.24, 2.45) is 0 Å². The molecule has 0 saturated heterocycles. The second kappa shape index (κ2) is 7.08. The maximum absolute atomic E-state index is 15.5. The predicted molar refractivity (Wildman–Crippen MR) is 99.7 cm³/mol. The third-order valence-electron chi connectivity index (χ3n) is 4.71. The summed E-state index contributed by atoms with van der Waals surface area (Å²) in [7, 11) is 0. The van der Waals surface area contributed by atoms with Gasteiger partial charge in [-0.3, -0.25) is 4.98 Å². The van der Waals surface area contributed by atoms with Crippen molar-refractivity contribution >= 4 is 11.8 Å². The maximum atomic E-state index is 15.5. The average molecular weight is 377 g/mol.